The summed E-state index contributed by atoms with van der Waals surface area (Å²) in [5.74, 6) is -1.83. The Morgan fingerprint density at radius 1 is 0.967 bits per heavy atom. The van der Waals surface area contributed by atoms with Crippen molar-refractivity contribution >= 4 is 22.5 Å². The maximum Gasteiger partial charge on any atom is 0.149 e. The molecule has 6 nitrogen and oxygen atoms in total. The molecule has 0 fully saturated rings. The molecule has 0 atom stereocenters. The highest BCUT2D eigenvalue weighted by atomic mass is 19.1. The highest BCUT2D eigenvalue weighted by Crippen LogP contribution is 2.33. The number of nitrogens with one attached hydrogen (secondary N) is 1. The molecule has 0 bridgehead atoms. The maximum atomic E-state index is 14.0. The molecule has 0 aliphatic heterocycles. The van der Waals surface area contributed by atoms with Crippen LogP contribution in [0.3, 0.4) is 0 Å². The molecule has 2 heterocycles. The van der Waals surface area contributed by atoms with Crippen LogP contribution in [0.15, 0.2) is 48.9 Å². The minimum Gasteiger partial charge on any atom is -0.382 e. The molecule has 0 aliphatic rings. The van der Waals surface area contributed by atoms with Crippen LogP contribution >= 0.6 is 0 Å². The Kier molecular flexibility index (Phi) is 4.90. The molecule has 148 valence electrons. The van der Waals surface area contributed by atoms with E-state index in [1.807, 2.05) is 6.07 Å². The molecule has 0 aliphatic carbocycles. The van der Waals surface area contributed by atoms with Crippen LogP contribution in [0.25, 0.3) is 22.0 Å². The van der Waals surface area contributed by atoms with Gasteiger partial charge in [-0.1, -0.05) is 0 Å². The van der Waals surface area contributed by atoms with Crippen molar-refractivity contribution in [3.8, 4) is 17.2 Å². The van der Waals surface area contributed by atoms with E-state index in [1.165, 1.54) is 30.7 Å². The Labute approximate surface area is 168 Å². The number of anilines is 2. The van der Waals surface area contributed by atoms with Gasteiger partial charge >= 0.3 is 0 Å². The van der Waals surface area contributed by atoms with Gasteiger partial charge in [-0.05, 0) is 47.0 Å². The number of hydrogen-bond acceptors (Lipinski definition) is 6. The lowest BCUT2D eigenvalue weighted by Crippen LogP contribution is -2.08. The summed E-state index contributed by atoms with van der Waals surface area (Å²) >= 11 is 0. The highest BCUT2D eigenvalue weighted by molar-refractivity contribution is 5.96. The predicted molar refractivity (Wildman–Crippen MR) is 106 cm³/mol. The first kappa shape index (κ1) is 19.1. The van der Waals surface area contributed by atoms with Gasteiger partial charge in [-0.2, -0.15) is 5.26 Å². The lowest BCUT2D eigenvalue weighted by molar-refractivity contribution is 0.584. The summed E-state index contributed by atoms with van der Waals surface area (Å²) in [7, 11) is 0. The Morgan fingerprint density at radius 2 is 1.73 bits per heavy atom. The van der Waals surface area contributed by atoms with Crippen LogP contribution in [0, 0.1) is 28.8 Å². The number of benzene rings is 2. The van der Waals surface area contributed by atoms with Crippen LogP contribution in [0.5, 0.6) is 0 Å². The topological polar surface area (TPSA) is 101 Å². The Bertz CT molecular complexity index is 1300. The SMILES string of the molecule is N#Cc1c(N)ncnc1NCc1cnc2ccc(F)cc2c1-c1cc(F)cc(F)c1. The van der Waals surface area contributed by atoms with Crippen molar-refractivity contribution in [2.45, 2.75) is 6.54 Å². The third-order valence-corrected chi connectivity index (χ3v) is 4.49. The number of nitriles is 1. The van der Waals surface area contributed by atoms with E-state index in [1.54, 1.807) is 0 Å². The minimum absolute atomic E-state index is 0.0149. The van der Waals surface area contributed by atoms with Crippen molar-refractivity contribution in [1.82, 2.24) is 15.0 Å². The summed E-state index contributed by atoms with van der Waals surface area (Å²) in [6.07, 6.45) is 2.72. The van der Waals surface area contributed by atoms with Crippen molar-refractivity contribution in [3.63, 3.8) is 0 Å². The van der Waals surface area contributed by atoms with Gasteiger partial charge in [0.2, 0.25) is 0 Å². The lowest BCUT2D eigenvalue weighted by Gasteiger charge is -2.15. The van der Waals surface area contributed by atoms with Crippen LogP contribution in [-0.4, -0.2) is 15.0 Å². The van der Waals surface area contributed by atoms with E-state index < -0.39 is 17.5 Å². The van der Waals surface area contributed by atoms with Gasteiger partial charge in [-0.25, -0.2) is 23.1 Å². The van der Waals surface area contributed by atoms with E-state index >= 15 is 0 Å². The summed E-state index contributed by atoms with van der Waals surface area (Å²) in [4.78, 5) is 12.1. The van der Waals surface area contributed by atoms with Gasteiger partial charge in [0.1, 0.15) is 47.0 Å². The van der Waals surface area contributed by atoms with Gasteiger partial charge in [0.15, 0.2) is 0 Å². The van der Waals surface area contributed by atoms with E-state index in [-0.39, 0.29) is 29.3 Å². The number of rotatable bonds is 4. The predicted octanol–water partition coefficient (Wildman–Crippen LogP) is 4.18. The number of nitrogens with zero attached hydrogens (tertiary/aromatic N) is 4. The first-order valence-corrected chi connectivity index (χ1v) is 8.74. The second-order valence-electron chi connectivity index (χ2n) is 6.43. The summed E-state index contributed by atoms with van der Waals surface area (Å²) in [6, 6.07) is 9.00. The van der Waals surface area contributed by atoms with Gasteiger partial charge in [-0.3, -0.25) is 4.98 Å². The van der Waals surface area contributed by atoms with Crippen molar-refractivity contribution in [3.05, 3.63) is 77.5 Å². The average Bonchev–Trinajstić information content (AvgIpc) is 2.71. The molecule has 3 N–H and O–H groups in total. The first-order valence-electron chi connectivity index (χ1n) is 8.74. The molecule has 30 heavy (non-hydrogen) atoms. The van der Waals surface area contributed by atoms with Crippen molar-refractivity contribution < 1.29 is 13.2 Å². The molecule has 4 rings (SSSR count). The van der Waals surface area contributed by atoms with Crippen molar-refractivity contribution in [1.29, 1.82) is 5.26 Å². The van der Waals surface area contributed by atoms with E-state index in [2.05, 4.69) is 20.3 Å². The van der Waals surface area contributed by atoms with Crippen LogP contribution < -0.4 is 11.1 Å². The molecule has 0 spiro atoms. The van der Waals surface area contributed by atoms with E-state index in [9.17, 15) is 18.4 Å². The third-order valence-electron chi connectivity index (χ3n) is 4.49. The fraction of sp³-hybridized carbons (Fsp3) is 0.0476. The van der Waals surface area contributed by atoms with Crippen LogP contribution in [0.2, 0.25) is 0 Å². The van der Waals surface area contributed by atoms with Crippen LogP contribution in [-0.2, 0) is 6.54 Å². The normalized spacial score (nSPS) is 10.7. The Hall–Kier alpha value is -4.19. The zero-order valence-electron chi connectivity index (χ0n) is 15.3. The highest BCUT2D eigenvalue weighted by Gasteiger charge is 2.15. The molecule has 2 aromatic carbocycles. The van der Waals surface area contributed by atoms with Crippen molar-refractivity contribution in [2.75, 3.05) is 11.1 Å². The number of halogens is 3. The number of hydrogen-bond donors (Lipinski definition) is 2. The smallest absolute Gasteiger partial charge is 0.149 e. The van der Waals surface area contributed by atoms with Gasteiger partial charge in [0, 0.05) is 24.2 Å². The molecule has 0 saturated carbocycles. The summed E-state index contributed by atoms with van der Waals surface area (Å²) in [6.45, 7) is 0.0814. The fourth-order valence-electron chi connectivity index (χ4n) is 3.20. The summed E-state index contributed by atoms with van der Waals surface area (Å²) in [5.41, 5.74) is 7.37. The van der Waals surface area contributed by atoms with E-state index in [0.29, 0.717) is 22.0 Å². The number of aromatic nitrogens is 3. The van der Waals surface area contributed by atoms with Crippen LogP contribution in [0.4, 0.5) is 24.8 Å². The number of nitrogen functional groups attached to an aromatic ring is 1. The molecule has 0 unspecified atom stereocenters. The minimum atomic E-state index is -0.763. The third kappa shape index (κ3) is 3.58. The van der Waals surface area contributed by atoms with Gasteiger partial charge < -0.3 is 11.1 Å². The Balaban J connectivity index is 1.86. The lowest BCUT2D eigenvalue weighted by atomic mass is 9.96. The largest absolute Gasteiger partial charge is 0.382 e. The molecule has 0 radical (unpaired) electrons. The summed E-state index contributed by atoms with van der Waals surface area (Å²) in [5, 5.41) is 12.6. The quantitative estimate of drug-likeness (QED) is 0.527. The van der Waals surface area contributed by atoms with Gasteiger partial charge in [0.05, 0.1) is 5.52 Å². The molecule has 9 heteroatoms. The van der Waals surface area contributed by atoms with Crippen LogP contribution in [0.1, 0.15) is 11.1 Å². The first-order chi connectivity index (χ1) is 14.5. The fourth-order valence-corrected chi connectivity index (χ4v) is 3.20. The monoisotopic (exact) mass is 406 g/mol. The Morgan fingerprint density at radius 3 is 2.47 bits per heavy atom. The molecular weight excluding hydrogens is 393 g/mol. The zero-order chi connectivity index (χ0) is 21.3. The number of pyridine rings is 1. The summed E-state index contributed by atoms with van der Waals surface area (Å²) < 4.78 is 41.8. The average molecular weight is 406 g/mol. The number of nitrogens with two attached hydrogens (primary N) is 1. The second kappa shape index (κ2) is 7.67. The van der Waals surface area contributed by atoms with Crippen molar-refractivity contribution in [2.24, 2.45) is 0 Å². The molecule has 0 saturated heterocycles. The van der Waals surface area contributed by atoms with E-state index in [4.69, 9.17) is 5.73 Å². The molecule has 2 aromatic heterocycles. The zero-order valence-corrected chi connectivity index (χ0v) is 15.3. The van der Waals surface area contributed by atoms with E-state index in [0.717, 1.165) is 18.2 Å². The second-order valence-corrected chi connectivity index (χ2v) is 6.43. The standard InChI is InChI=1S/C21H13F3N6/c22-13-1-2-18-16(6-13)19(11-3-14(23)5-15(24)4-11)12(8-27-18)9-28-21-17(7-25)20(26)29-10-30-21/h1-6,8,10H,9H2,(H3,26,28,29,30). The molecular formula is C21H13F3N6. The molecule has 4 aromatic rings. The molecule has 0 amide bonds. The van der Waals surface area contributed by atoms with Gasteiger partial charge in [0.25, 0.3) is 0 Å². The van der Waals surface area contributed by atoms with Gasteiger partial charge in [-0.15, -0.1) is 0 Å². The number of fused-ring (bicyclic) bond motifs is 1. The maximum absolute atomic E-state index is 14.0.